The Kier molecular flexibility index (Phi) is 5.48. The van der Waals surface area contributed by atoms with Crippen molar-refractivity contribution in [2.45, 2.75) is 6.54 Å². The topological polar surface area (TPSA) is 64.0 Å². The minimum Gasteiger partial charge on any atom is -0.322 e. The number of nitrogens with one attached hydrogen (secondary N) is 1. The molecule has 1 heterocycles. The zero-order valence-corrected chi connectivity index (χ0v) is 16.0. The second-order valence-electron chi connectivity index (χ2n) is 6.74. The zero-order valence-electron chi connectivity index (χ0n) is 16.0. The molecule has 0 aliphatic rings. The molecule has 5 nitrogen and oxygen atoms in total. The number of nitrogens with zero attached hydrogens (tertiary/aromatic N) is 2. The van der Waals surface area contributed by atoms with Crippen LogP contribution in [0.25, 0.3) is 0 Å². The van der Waals surface area contributed by atoms with Crippen molar-refractivity contribution in [3.63, 3.8) is 0 Å². The number of rotatable bonds is 6. The largest absolute Gasteiger partial charge is 0.322 e. The van der Waals surface area contributed by atoms with Crippen LogP contribution >= 0.6 is 0 Å². The van der Waals surface area contributed by atoms with Crippen LogP contribution in [0.4, 0.5) is 10.1 Å². The summed E-state index contributed by atoms with van der Waals surface area (Å²) in [6.45, 7) is 0.580. The van der Waals surface area contributed by atoms with Gasteiger partial charge < -0.3 is 5.32 Å². The molecule has 4 aromatic rings. The van der Waals surface area contributed by atoms with Crippen molar-refractivity contribution in [1.82, 2.24) is 9.78 Å². The highest BCUT2D eigenvalue weighted by molar-refractivity contribution is 6.17. The number of hydrogen-bond acceptors (Lipinski definition) is 3. The number of halogens is 1. The van der Waals surface area contributed by atoms with Crippen molar-refractivity contribution >= 4 is 17.4 Å². The zero-order chi connectivity index (χ0) is 20.9. The minimum absolute atomic E-state index is 0.254. The number of hydrogen-bond donors (Lipinski definition) is 1. The first kappa shape index (κ1) is 19.3. The fourth-order valence-corrected chi connectivity index (χ4v) is 3.16. The van der Waals surface area contributed by atoms with E-state index in [4.69, 9.17) is 0 Å². The first-order valence-electron chi connectivity index (χ1n) is 9.37. The Morgan fingerprint density at radius 2 is 1.67 bits per heavy atom. The lowest BCUT2D eigenvalue weighted by Crippen LogP contribution is -2.17. The van der Waals surface area contributed by atoms with Gasteiger partial charge in [0.05, 0.1) is 12.1 Å². The number of aromatic nitrogens is 2. The van der Waals surface area contributed by atoms with Crippen LogP contribution in [0, 0.1) is 5.82 Å². The van der Waals surface area contributed by atoms with Crippen LogP contribution in [0.15, 0.2) is 91.3 Å². The summed E-state index contributed by atoms with van der Waals surface area (Å²) in [6.07, 6.45) is 3.57. The van der Waals surface area contributed by atoms with Gasteiger partial charge in [-0.2, -0.15) is 5.10 Å². The van der Waals surface area contributed by atoms with Gasteiger partial charge in [-0.05, 0) is 54.1 Å². The molecule has 0 aliphatic carbocycles. The maximum Gasteiger partial charge on any atom is 0.256 e. The molecule has 148 valence electrons. The molecule has 1 N–H and O–H groups in total. The van der Waals surface area contributed by atoms with Crippen LogP contribution in [-0.4, -0.2) is 21.5 Å². The van der Waals surface area contributed by atoms with Gasteiger partial charge in [-0.3, -0.25) is 14.3 Å². The lowest BCUT2D eigenvalue weighted by molar-refractivity contribution is 0.0996. The predicted octanol–water partition coefficient (Wildman–Crippen LogP) is 4.55. The van der Waals surface area contributed by atoms with Crippen LogP contribution in [0.2, 0.25) is 0 Å². The van der Waals surface area contributed by atoms with Crippen LogP contribution < -0.4 is 5.32 Å². The van der Waals surface area contributed by atoms with Crippen molar-refractivity contribution in [2.75, 3.05) is 5.32 Å². The summed E-state index contributed by atoms with van der Waals surface area (Å²) in [6, 6.07) is 21.1. The molecule has 1 aromatic heterocycles. The first-order chi connectivity index (χ1) is 14.6. The van der Waals surface area contributed by atoms with E-state index in [0.29, 0.717) is 17.8 Å². The smallest absolute Gasteiger partial charge is 0.256 e. The van der Waals surface area contributed by atoms with Crippen LogP contribution in [0.5, 0.6) is 0 Å². The van der Waals surface area contributed by atoms with Gasteiger partial charge in [0.2, 0.25) is 0 Å². The van der Waals surface area contributed by atoms with Gasteiger partial charge >= 0.3 is 0 Å². The Labute approximate surface area is 172 Å². The van der Waals surface area contributed by atoms with E-state index in [0.717, 1.165) is 5.56 Å². The summed E-state index contributed by atoms with van der Waals surface area (Å²) >= 11 is 0. The van der Waals surface area contributed by atoms with Gasteiger partial charge in [0, 0.05) is 29.2 Å². The molecule has 0 saturated heterocycles. The summed E-state index contributed by atoms with van der Waals surface area (Å²) in [5.74, 6) is -1.15. The van der Waals surface area contributed by atoms with E-state index in [2.05, 4.69) is 10.4 Å². The normalized spacial score (nSPS) is 10.6. The lowest BCUT2D eigenvalue weighted by Gasteiger charge is -2.11. The van der Waals surface area contributed by atoms with E-state index in [1.165, 1.54) is 24.3 Å². The van der Waals surface area contributed by atoms with Gasteiger partial charge in [0.25, 0.3) is 5.91 Å². The Hall–Kier alpha value is -4.06. The van der Waals surface area contributed by atoms with E-state index < -0.39 is 11.7 Å². The predicted molar refractivity (Wildman–Crippen MR) is 112 cm³/mol. The molecular weight excluding hydrogens is 381 g/mol. The van der Waals surface area contributed by atoms with Crippen molar-refractivity contribution in [3.05, 3.63) is 119 Å². The van der Waals surface area contributed by atoms with E-state index in [1.807, 2.05) is 30.5 Å². The number of carbonyl (C=O) groups is 2. The summed E-state index contributed by atoms with van der Waals surface area (Å²) in [5.41, 5.74) is 2.43. The molecule has 0 fully saturated rings. The fourth-order valence-electron chi connectivity index (χ4n) is 3.16. The van der Waals surface area contributed by atoms with Gasteiger partial charge in [-0.25, -0.2) is 4.39 Å². The summed E-state index contributed by atoms with van der Waals surface area (Å²) in [4.78, 5) is 25.8. The van der Waals surface area contributed by atoms with Crippen molar-refractivity contribution in [3.8, 4) is 0 Å². The monoisotopic (exact) mass is 399 g/mol. The molecule has 0 unspecified atom stereocenters. The number of ketones is 1. The molecule has 0 aliphatic heterocycles. The van der Waals surface area contributed by atoms with Crippen molar-refractivity contribution in [1.29, 1.82) is 0 Å². The third kappa shape index (κ3) is 4.33. The average molecular weight is 399 g/mol. The van der Waals surface area contributed by atoms with E-state index in [-0.39, 0.29) is 16.9 Å². The Morgan fingerprint density at radius 3 is 2.40 bits per heavy atom. The summed E-state index contributed by atoms with van der Waals surface area (Å²) in [5, 5.41) is 7.04. The molecule has 0 atom stereocenters. The lowest BCUT2D eigenvalue weighted by atomic mass is 9.98. The van der Waals surface area contributed by atoms with Crippen LogP contribution in [0.3, 0.4) is 0 Å². The number of carbonyl (C=O) groups excluding carboxylic acids is 2. The molecular formula is C24H18FN3O2. The first-order valence-corrected chi connectivity index (χ1v) is 9.37. The Balaban J connectivity index is 1.56. The van der Waals surface area contributed by atoms with Gasteiger partial charge in [-0.15, -0.1) is 0 Å². The summed E-state index contributed by atoms with van der Waals surface area (Å²) in [7, 11) is 0. The quantitative estimate of drug-likeness (QED) is 0.484. The molecule has 6 heteroatoms. The number of anilines is 1. The fraction of sp³-hybridized carbons (Fsp3) is 0.0417. The van der Waals surface area contributed by atoms with Crippen LogP contribution in [0.1, 0.15) is 31.8 Å². The Bertz CT molecular complexity index is 1190. The highest BCUT2D eigenvalue weighted by atomic mass is 19.1. The molecule has 0 bridgehead atoms. The summed E-state index contributed by atoms with van der Waals surface area (Å²) < 4.78 is 15.0. The van der Waals surface area contributed by atoms with Crippen LogP contribution in [-0.2, 0) is 6.54 Å². The molecule has 1 amide bonds. The van der Waals surface area contributed by atoms with Gasteiger partial charge in [0.1, 0.15) is 5.82 Å². The van der Waals surface area contributed by atoms with E-state index in [1.54, 1.807) is 41.2 Å². The molecule has 0 spiro atoms. The number of benzene rings is 3. The maximum absolute atomic E-state index is 13.2. The molecule has 0 radical (unpaired) electrons. The third-order valence-electron chi connectivity index (χ3n) is 4.61. The van der Waals surface area contributed by atoms with Crippen molar-refractivity contribution < 1.29 is 14.0 Å². The van der Waals surface area contributed by atoms with Crippen molar-refractivity contribution in [2.24, 2.45) is 0 Å². The second kappa shape index (κ2) is 8.53. The molecule has 3 aromatic carbocycles. The molecule has 4 rings (SSSR count). The van der Waals surface area contributed by atoms with E-state index >= 15 is 0 Å². The van der Waals surface area contributed by atoms with Gasteiger partial charge in [-0.1, -0.05) is 30.3 Å². The van der Waals surface area contributed by atoms with Gasteiger partial charge in [0.15, 0.2) is 5.78 Å². The minimum atomic E-state index is -0.424. The number of amides is 1. The highest BCUT2D eigenvalue weighted by Crippen LogP contribution is 2.18. The average Bonchev–Trinajstić information content (AvgIpc) is 3.27. The SMILES string of the molecule is O=C(Nc1cccc(Cn2cccn2)c1)c1ccccc1C(=O)c1ccc(F)cc1. The second-order valence-corrected chi connectivity index (χ2v) is 6.74. The highest BCUT2D eigenvalue weighted by Gasteiger charge is 2.18. The molecule has 30 heavy (non-hydrogen) atoms. The Morgan fingerprint density at radius 1 is 0.900 bits per heavy atom. The molecule has 0 saturated carbocycles. The van der Waals surface area contributed by atoms with E-state index in [9.17, 15) is 14.0 Å². The third-order valence-corrected chi connectivity index (χ3v) is 4.61. The maximum atomic E-state index is 13.2. The standard InChI is InChI=1S/C24H18FN3O2/c25-19-11-9-18(10-12-19)23(29)21-7-1-2-8-22(21)24(30)27-20-6-3-5-17(15-20)16-28-14-4-13-26-28/h1-15H,16H2,(H,27,30).